The summed E-state index contributed by atoms with van der Waals surface area (Å²) in [7, 11) is 1.84. The molecule has 2 saturated heterocycles. The van der Waals surface area contributed by atoms with E-state index in [0.29, 0.717) is 36.1 Å². The maximum Gasteiger partial charge on any atom is 0.147 e. The van der Waals surface area contributed by atoms with E-state index in [-0.39, 0.29) is 24.4 Å². The zero-order chi connectivity index (χ0) is 22.2. The van der Waals surface area contributed by atoms with Gasteiger partial charge < -0.3 is 20.4 Å². The second-order valence-electron chi connectivity index (χ2n) is 8.61. The number of aliphatic hydroxyl groups is 1. The molecule has 2 aromatic heterocycles. The van der Waals surface area contributed by atoms with E-state index in [1.54, 1.807) is 35.4 Å². The summed E-state index contributed by atoms with van der Waals surface area (Å²) in [4.78, 5) is 10.8. The topological polar surface area (TPSA) is 99.3 Å². The van der Waals surface area contributed by atoms with Crippen LogP contribution >= 0.6 is 0 Å². The number of hydrogen-bond acceptors (Lipinski definition) is 7. The van der Waals surface area contributed by atoms with Crippen LogP contribution in [0.3, 0.4) is 0 Å². The highest BCUT2D eigenvalue weighted by Crippen LogP contribution is 2.35. The summed E-state index contributed by atoms with van der Waals surface area (Å²) in [5.74, 6) is 0.627. The summed E-state index contributed by atoms with van der Waals surface area (Å²) in [5.41, 5.74) is 2.85. The standard InChI is InChI=1S/C23H27FN6O2/c1-29-13-15(10-27-29)14-2-4-17(21(32)8-14)19-11-26-22(12-25-19)30(6-7-31)20-9-16-3-5-18(28-16)23(20)24/h2,4,8,10-13,16,18,20,23,28,31-32H,3,5-7,9H2,1H3/t16-,18+,20-,23+/m1/s1. The normalized spacial score (nSPS) is 24.6. The van der Waals surface area contributed by atoms with Gasteiger partial charge in [0, 0.05) is 43.0 Å². The Balaban J connectivity index is 1.39. The summed E-state index contributed by atoms with van der Waals surface area (Å²) in [5, 5.41) is 27.7. The van der Waals surface area contributed by atoms with Gasteiger partial charge in [-0.1, -0.05) is 6.07 Å². The highest BCUT2D eigenvalue weighted by molar-refractivity contribution is 5.73. The van der Waals surface area contributed by atoms with Crippen LogP contribution in [0.2, 0.25) is 0 Å². The van der Waals surface area contributed by atoms with Gasteiger partial charge >= 0.3 is 0 Å². The maximum absolute atomic E-state index is 15.1. The fourth-order valence-corrected chi connectivity index (χ4v) is 4.94. The van der Waals surface area contributed by atoms with Crippen molar-refractivity contribution in [1.29, 1.82) is 0 Å². The Morgan fingerprint density at radius 3 is 2.75 bits per heavy atom. The van der Waals surface area contributed by atoms with Crippen LogP contribution in [0.5, 0.6) is 5.75 Å². The minimum atomic E-state index is -1.02. The molecular formula is C23H27FN6O2. The lowest BCUT2D eigenvalue weighted by Crippen LogP contribution is -2.57. The third-order valence-electron chi connectivity index (χ3n) is 6.54. The van der Waals surface area contributed by atoms with Gasteiger partial charge in [-0.15, -0.1) is 0 Å². The Morgan fingerprint density at radius 1 is 1.19 bits per heavy atom. The van der Waals surface area contributed by atoms with Gasteiger partial charge in [0.05, 0.1) is 36.9 Å². The molecule has 4 heterocycles. The lowest BCUT2D eigenvalue weighted by atomic mass is 9.96. The summed E-state index contributed by atoms with van der Waals surface area (Å²) in [6.45, 7) is 0.204. The number of piperidine rings is 1. The van der Waals surface area contributed by atoms with Crippen LogP contribution in [-0.4, -0.2) is 67.4 Å². The fraction of sp³-hybridized carbons (Fsp3) is 0.435. The third kappa shape index (κ3) is 3.82. The largest absolute Gasteiger partial charge is 0.507 e. The van der Waals surface area contributed by atoms with Gasteiger partial charge in [0.25, 0.3) is 0 Å². The van der Waals surface area contributed by atoms with Crippen molar-refractivity contribution in [1.82, 2.24) is 25.1 Å². The number of phenols is 1. The van der Waals surface area contributed by atoms with Crippen LogP contribution in [-0.2, 0) is 7.05 Å². The third-order valence-corrected chi connectivity index (χ3v) is 6.54. The van der Waals surface area contributed by atoms with E-state index in [9.17, 15) is 10.2 Å². The van der Waals surface area contributed by atoms with E-state index in [0.717, 1.165) is 24.0 Å². The van der Waals surface area contributed by atoms with Gasteiger partial charge in [-0.3, -0.25) is 9.67 Å². The number of aromatic nitrogens is 4. The van der Waals surface area contributed by atoms with E-state index < -0.39 is 6.17 Å². The maximum atomic E-state index is 15.1. The molecular weight excluding hydrogens is 411 g/mol. The van der Waals surface area contributed by atoms with Crippen LogP contribution in [0.4, 0.5) is 10.2 Å². The average molecular weight is 439 g/mol. The summed E-state index contributed by atoms with van der Waals surface area (Å²) in [6.07, 6.45) is 8.27. The van der Waals surface area contributed by atoms with Gasteiger partial charge in [0.2, 0.25) is 0 Å². The molecule has 2 bridgehead atoms. The number of anilines is 1. The average Bonchev–Trinajstić information content (AvgIpc) is 3.42. The number of aromatic hydroxyl groups is 1. The number of nitrogens with one attached hydrogen (secondary N) is 1. The van der Waals surface area contributed by atoms with E-state index in [1.165, 1.54) is 0 Å². The van der Waals surface area contributed by atoms with Crippen molar-refractivity contribution >= 4 is 5.82 Å². The number of alkyl halides is 1. The summed E-state index contributed by atoms with van der Waals surface area (Å²) >= 11 is 0. The van der Waals surface area contributed by atoms with Crippen molar-refractivity contribution in [3.8, 4) is 28.1 Å². The zero-order valence-electron chi connectivity index (χ0n) is 17.9. The summed E-state index contributed by atoms with van der Waals surface area (Å²) < 4.78 is 16.8. The molecule has 8 nitrogen and oxygen atoms in total. The van der Waals surface area contributed by atoms with Crippen LogP contribution in [0.1, 0.15) is 19.3 Å². The second kappa shape index (κ2) is 8.48. The van der Waals surface area contributed by atoms with Crippen molar-refractivity contribution in [2.45, 2.75) is 43.6 Å². The fourth-order valence-electron chi connectivity index (χ4n) is 4.94. The first kappa shape index (κ1) is 20.8. The highest BCUT2D eigenvalue weighted by atomic mass is 19.1. The number of benzene rings is 1. The van der Waals surface area contributed by atoms with Gasteiger partial charge in [0.15, 0.2) is 0 Å². The molecule has 0 radical (unpaired) electrons. The number of fused-ring (bicyclic) bond motifs is 2. The van der Waals surface area contributed by atoms with Crippen LogP contribution in [0.25, 0.3) is 22.4 Å². The number of aryl methyl sites for hydroxylation is 1. The Hall–Kier alpha value is -3.04. The molecule has 0 aliphatic carbocycles. The molecule has 4 atom stereocenters. The predicted molar refractivity (Wildman–Crippen MR) is 119 cm³/mol. The number of aliphatic hydroxyl groups excluding tert-OH is 1. The van der Waals surface area contributed by atoms with Crippen molar-refractivity contribution < 1.29 is 14.6 Å². The number of nitrogens with zero attached hydrogens (tertiary/aromatic N) is 5. The molecule has 9 heteroatoms. The Morgan fingerprint density at radius 2 is 2.06 bits per heavy atom. The molecule has 5 rings (SSSR count). The lowest BCUT2D eigenvalue weighted by molar-refractivity contribution is 0.167. The molecule has 32 heavy (non-hydrogen) atoms. The molecule has 0 saturated carbocycles. The second-order valence-corrected chi connectivity index (χ2v) is 8.61. The van der Waals surface area contributed by atoms with E-state index in [1.807, 2.05) is 24.2 Å². The SMILES string of the molecule is Cn1cc(-c2ccc(-c3cnc(N(CCO)[C@@H]4C[C@H]5CC[C@H](N5)[C@@H]4F)cn3)c(O)c2)cn1. The molecule has 2 fully saturated rings. The number of hydrogen-bond donors (Lipinski definition) is 3. The number of phenolic OH excluding ortho intramolecular Hbond substituents is 1. The van der Waals surface area contributed by atoms with E-state index in [2.05, 4.69) is 20.4 Å². The molecule has 3 aromatic rings. The first-order valence-electron chi connectivity index (χ1n) is 11.0. The Bertz CT molecular complexity index is 1090. The minimum Gasteiger partial charge on any atom is -0.507 e. The van der Waals surface area contributed by atoms with Crippen molar-refractivity contribution in [3.63, 3.8) is 0 Å². The first-order valence-corrected chi connectivity index (χ1v) is 11.0. The highest BCUT2D eigenvalue weighted by Gasteiger charge is 2.44. The number of rotatable bonds is 6. The van der Waals surface area contributed by atoms with Crippen LogP contribution < -0.4 is 10.2 Å². The molecule has 3 N–H and O–H groups in total. The van der Waals surface area contributed by atoms with Crippen molar-refractivity contribution in [3.05, 3.63) is 43.0 Å². The van der Waals surface area contributed by atoms with Gasteiger partial charge in [-0.25, -0.2) is 9.37 Å². The first-order chi connectivity index (χ1) is 15.5. The van der Waals surface area contributed by atoms with Gasteiger partial charge in [0.1, 0.15) is 17.7 Å². The smallest absolute Gasteiger partial charge is 0.147 e. The molecule has 0 spiro atoms. The lowest BCUT2D eigenvalue weighted by Gasteiger charge is -2.40. The van der Waals surface area contributed by atoms with Crippen molar-refractivity contribution in [2.24, 2.45) is 7.05 Å². The van der Waals surface area contributed by atoms with Gasteiger partial charge in [-0.2, -0.15) is 5.10 Å². The Labute approximate surface area is 185 Å². The molecule has 0 unspecified atom stereocenters. The molecule has 1 aromatic carbocycles. The number of halogens is 1. The summed E-state index contributed by atoms with van der Waals surface area (Å²) in [6, 6.07) is 5.21. The van der Waals surface area contributed by atoms with E-state index >= 15 is 4.39 Å². The molecule has 168 valence electrons. The van der Waals surface area contributed by atoms with Gasteiger partial charge in [-0.05, 0) is 37.0 Å². The minimum absolute atomic E-state index is 0.0913. The van der Waals surface area contributed by atoms with Crippen LogP contribution in [0.15, 0.2) is 43.0 Å². The molecule has 2 aliphatic heterocycles. The Kier molecular flexibility index (Phi) is 5.52. The molecule has 2 aliphatic rings. The quantitative estimate of drug-likeness (QED) is 0.543. The predicted octanol–water partition coefficient (Wildman–Crippen LogP) is 2.28. The van der Waals surface area contributed by atoms with Crippen molar-refractivity contribution in [2.75, 3.05) is 18.1 Å². The zero-order valence-corrected chi connectivity index (χ0v) is 17.9. The molecule has 0 amide bonds. The van der Waals surface area contributed by atoms with E-state index in [4.69, 9.17) is 0 Å². The monoisotopic (exact) mass is 438 g/mol. The van der Waals surface area contributed by atoms with Crippen LogP contribution in [0, 0.1) is 0 Å².